The van der Waals surface area contributed by atoms with Crippen molar-refractivity contribution in [3.05, 3.63) is 54.1 Å². The van der Waals surface area contributed by atoms with Gasteiger partial charge in [-0.3, -0.25) is 0 Å². The number of azo groups is 1. The molecule has 0 radical (unpaired) electrons. The number of phenols is 1. The Balaban J connectivity index is 1.99. The van der Waals surface area contributed by atoms with Crippen molar-refractivity contribution >= 4 is 22.4 Å². The summed E-state index contributed by atoms with van der Waals surface area (Å²) in [5.41, 5.74) is 2.28. The van der Waals surface area contributed by atoms with E-state index in [9.17, 15) is 5.11 Å². The largest absolute Gasteiger partial charge is 0.506 e. The summed E-state index contributed by atoms with van der Waals surface area (Å²) in [6.45, 7) is 2.01. The van der Waals surface area contributed by atoms with E-state index >= 15 is 0 Å². The van der Waals surface area contributed by atoms with Crippen LogP contribution in [-0.2, 0) is 0 Å². The van der Waals surface area contributed by atoms with E-state index in [1.807, 2.05) is 37.3 Å². The van der Waals surface area contributed by atoms with Crippen molar-refractivity contribution in [2.24, 2.45) is 10.2 Å². The molecule has 0 aliphatic heterocycles. The summed E-state index contributed by atoms with van der Waals surface area (Å²) in [5, 5.41) is 19.1. The number of aromatic hydroxyl groups is 1. The Labute approximate surface area is 127 Å². The van der Waals surface area contributed by atoms with Gasteiger partial charge in [0.25, 0.3) is 0 Å². The number of benzene rings is 2. The van der Waals surface area contributed by atoms with Crippen molar-refractivity contribution in [2.75, 3.05) is 7.11 Å². The van der Waals surface area contributed by atoms with Gasteiger partial charge in [-0.15, -0.1) is 10.2 Å². The predicted molar refractivity (Wildman–Crippen MR) is 85.3 cm³/mol. The molecule has 0 fully saturated rings. The van der Waals surface area contributed by atoms with Crippen molar-refractivity contribution in [3.63, 3.8) is 0 Å². The summed E-state index contributed by atoms with van der Waals surface area (Å²) < 4.78 is 5.11. The fourth-order valence-corrected chi connectivity index (χ4v) is 2.20. The molecule has 0 aliphatic rings. The molecule has 110 valence electrons. The van der Waals surface area contributed by atoms with Crippen molar-refractivity contribution in [2.45, 2.75) is 6.92 Å². The first-order chi connectivity index (χ1) is 10.7. The monoisotopic (exact) mass is 293 g/mol. The molecular formula is C17H15N3O2. The van der Waals surface area contributed by atoms with Crippen LogP contribution in [0.15, 0.2) is 58.8 Å². The smallest absolute Gasteiger partial charge is 0.175 e. The maximum Gasteiger partial charge on any atom is 0.175 e. The zero-order chi connectivity index (χ0) is 15.5. The van der Waals surface area contributed by atoms with Gasteiger partial charge < -0.3 is 9.84 Å². The highest BCUT2D eigenvalue weighted by molar-refractivity contribution is 5.83. The van der Waals surface area contributed by atoms with Gasteiger partial charge in [0, 0.05) is 11.5 Å². The maximum absolute atomic E-state index is 9.81. The SMILES string of the molecule is COc1ccc(O)c(N=Nc2cc(C)c3ccccc3n2)c1. The lowest BCUT2D eigenvalue weighted by molar-refractivity contribution is 0.412. The summed E-state index contributed by atoms with van der Waals surface area (Å²) >= 11 is 0. The molecule has 1 aromatic heterocycles. The number of fused-ring (bicyclic) bond motifs is 1. The molecule has 0 saturated heterocycles. The summed E-state index contributed by atoms with van der Waals surface area (Å²) in [6, 6.07) is 14.5. The molecule has 0 atom stereocenters. The van der Waals surface area contributed by atoms with E-state index in [4.69, 9.17) is 4.74 Å². The van der Waals surface area contributed by atoms with Gasteiger partial charge in [-0.05, 0) is 36.8 Å². The lowest BCUT2D eigenvalue weighted by Crippen LogP contribution is -1.83. The second kappa shape index (κ2) is 5.81. The fraction of sp³-hybridized carbons (Fsp3) is 0.118. The molecular weight excluding hydrogens is 278 g/mol. The Kier molecular flexibility index (Phi) is 3.70. The quantitative estimate of drug-likeness (QED) is 0.713. The first-order valence-corrected chi connectivity index (χ1v) is 6.82. The third-order valence-corrected chi connectivity index (χ3v) is 3.35. The second-order valence-corrected chi connectivity index (χ2v) is 4.87. The average molecular weight is 293 g/mol. The highest BCUT2D eigenvalue weighted by atomic mass is 16.5. The Morgan fingerprint density at radius 3 is 2.68 bits per heavy atom. The second-order valence-electron chi connectivity index (χ2n) is 4.87. The molecule has 1 N–H and O–H groups in total. The Hall–Kier alpha value is -2.95. The van der Waals surface area contributed by atoms with Gasteiger partial charge in [0.05, 0.1) is 12.6 Å². The first kappa shape index (κ1) is 14.0. The van der Waals surface area contributed by atoms with E-state index in [-0.39, 0.29) is 5.75 Å². The zero-order valence-electron chi connectivity index (χ0n) is 12.3. The van der Waals surface area contributed by atoms with Gasteiger partial charge >= 0.3 is 0 Å². The molecule has 5 heteroatoms. The molecule has 0 spiro atoms. The average Bonchev–Trinajstić information content (AvgIpc) is 2.54. The zero-order valence-corrected chi connectivity index (χ0v) is 12.3. The number of methoxy groups -OCH3 is 1. The van der Waals surface area contributed by atoms with Crippen LogP contribution in [0.25, 0.3) is 10.9 Å². The van der Waals surface area contributed by atoms with Crippen molar-refractivity contribution < 1.29 is 9.84 Å². The summed E-state index contributed by atoms with van der Waals surface area (Å²) in [7, 11) is 1.56. The number of aromatic nitrogens is 1. The minimum atomic E-state index is 0.0436. The summed E-state index contributed by atoms with van der Waals surface area (Å²) in [6.07, 6.45) is 0. The Morgan fingerprint density at radius 2 is 1.86 bits per heavy atom. The minimum Gasteiger partial charge on any atom is -0.506 e. The molecule has 22 heavy (non-hydrogen) atoms. The third-order valence-electron chi connectivity index (χ3n) is 3.35. The highest BCUT2D eigenvalue weighted by Gasteiger charge is 2.04. The van der Waals surface area contributed by atoms with Gasteiger partial charge in [-0.2, -0.15) is 0 Å². The van der Waals surface area contributed by atoms with E-state index in [1.54, 1.807) is 19.2 Å². The summed E-state index contributed by atoms with van der Waals surface area (Å²) in [5.74, 6) is 1.15. The van der Waals surface area contributed by atoms with Crippen LogP contribution >= 0.6 is 0 Å². The van der Waals surface area contributed by atoms with Crippen LogP contribution in [-0.4, -0.2) is 17.2 Å². The highest BCUT2D eigenvalue weighted by Crippen LogP contribution is 2.32. The van der Waals surface area contributed by atoms with Crippen molar-refractivity contribution in [3.8, 4) is 11.5 Å². The van der Waals surface area contributed by atoms with Crippen LogP contribution in [0.3, 0.4) is 0 Å². The lowest BCUT2D eigenvalue weighted by atomic mass is 10.1. The lowest BCUT2D eigenvalue weighted by Gasteiger charge is -2.03. The van der Waals surface area contributed by atoms with Gasteiger partial charge in [0.2, 0.25) is 0 Å². The van der Waals surface area contributed by atoms with E-state index < -0.39 is 0 Å². The topological polar surface area (TPSA) is 67.1 Å². The molecule has 0 aliphatic carbocycles. The van der Waals surface area contributed by atoms with Crippen LogP contribution in [0.1, 0.15) is 5.56 Å². The van der Waals surface area contributed by atoms with Gasteiger partial charge in [-0.25, -0.2) is 4.98 Å². The van der Waals surface area contributed by atoms with Crippen LogP contribution in [0.5, 0.6) is 11.5 Å². The molecule has 0 bridgehead atoms. The molecule has 1 heterocycles. The number of nitrogens with zero attached hydrogens (tertiary/aromatic N) is 3. The third kappa shape index (κ3) is 2.74. The number of pyridine rings is 1. The van der Waals surface area contributed by atoms with Crippen LogP contribution < -0.4 is 4.74 Å². The van der Waals surface area contributed by atoms with E-state index in [0.29, 0.717) is 17.3 Å². The van der Waals surface area contributed by atoms with Crippen molar-refractivity contribution in [1.29, 1.82) is 0 Å². The molecule has 3 rings (SSSR count). The number of hydrogen-bond donors (Lipinski definition) is 1. The number of rotatable bonds is 3. The number of para-hydroxylation sites is 1. The Bertz CT molecular complexity index is 860. The fourth-order valence-electron chi connectivity index (χ4n) is 2.20. The Morgan fingerprint density at radius 1 is 1.05 bits per heavy atom. The van der Waals surface area contributed by atoms with Crippen LogP contribution in [0.4, 0.5) is 11.5 Å². The normalized spacial score (nSPS) is 11.2. The molecule has 0 saturated carbocycles. The maximum atomic E-state index is 9.81. The molecule has 0 unspecified atom stereocenters. The van der Waals surface area contributed by atoms with E-state index in [0.717, 1.165) is 16.5 Å². The molecule has 3 aromatic rings. The predicted octanol–water partition coefficient (Wildman–Crippen LogP) is 4.67. The number of aryl methyl sites for hydroxylation is 1. The number of ether oxygens (including phenoxy) is 1. The number of phenolic OH excluding ortho intramolecular Hbond substituents is 1. The van der Waals surface area contributed by atoms with E-state index in [2.05, 4.69) is 15.2 Å². The van der Waals surface area contributed by atoms with Crippen molar-refractivity contribution in [1.82, 2.24) is 4.98 Å². The molecule has 5 nitrogen and oxygen atoms in total. The molecule has 0 amide bonds. The van der Waals surface area contributed by atoms with Gasteiger partial charge in [-0.1, -0.05) is 18.2 Å². The van der Waals surface area contributed by atoms with Crippen LogP contribution in [0, 0.1) is 6.92 Å². The van der Waals surface area contributed by atoms with E-state index in [1.165, 1.54) is 6.07 Å². The first-order valence-electron chi connectivity index (χ1n) is 6.82. The molecule has 2 aromatic carbocycles. The minimum absolute atomic E-state index is 0.0436. The van der Waals surface area contributed by atoms with Gasteiger partial charge in [0.1, 0.15) is 17.2 Å². The standard InChI is InChI=1S/C17H15N3O2/c1-11-9-17(18-14-6-4-3-5-13(11)14)20-19-15-10-12(22-2)7-8-16(15)21/h3-10,21H,1-2H3. The summed E-state index contributed by atoms with van der Waals surface area (Å²) in [4.78, 5) is 4.45. The van der Waals surface area contributed by atoms with Crippen LogP contribution in [0.2, 0.25) is 0 Å². The number of hydrogen-bond acceptors (Lipinski definition) is 5. The van der Waals surface area contributed by atoms with Gasteiger partial charge in [0.15, 0.2) is 5.82 Å².